The minimum Gasteiger partial charge on any atom is -0.392 e. The molecule has 4 heteroatoms. The molecule has 0 radical (unpaired) electrons. The highest BCUT2D eigenvalue weighted by Crippen LogP contribution is 2.23. The van der Waals surface area contributed by atoms with Crippen molar-refractivity contribution >= 4 is 0 Å². The fraction of sp³-hybridized carbons (Fsp3) is 0.500. The topological polar surface area (TPSA) is 41.3 Å². The number of likely N-dealkylation sites (tertiary alicyclic amines) is 1. The highest BCUT2D eigenvalue weighted by molar-refractivity contribution is 5.30. The van der Waals surface area contributed by atoms with Gasteiger partial charge in [-0.05, 0) is 44.0 Å². The Morgan fingerprint density at radius 2 is 2.05 bits per heavy atom. The van der Waals surface area contributed by atoms with Crippen LogP contribution in [0.3, 0.4) is 0 Å². The summed E-state index contributed by atoms with van der Waals surface area (Å²) in [6.45, 7) is 3.93. The van der Waals surface area contributed by atoms with Crippen molar-refractivity contribution in [2.45, 2.75) is 51.3 Å². The molecule has 0 amide bonds. The summed E-state index contributed by atoms with van der Waals surface area (Å²) in [6.07, 6.45) is 6.13. The van der Waals surface area contributed by atoms with Crippen LogP contribution in [0.1, 0.15) is 38.3 Å². The molecule has 1 aliphatic rings. The van der Waals surface area contributed by atoms with Gasteiger partial charge in [-0.25, -0.2) is 4.68 Å². The molecule has 4 nitrogen and oxygen atoms in total. The van der Waals surface area contributed by atoms with E-state index in [1.54, 1.807) is 0 Å². The number of rotatable bonds is 5. The van der Waals surface area contributed by atoms with E-state index in [1.165, 1.54) is 12.8 Å². The van der Waals surface area contributed by atoms with E-state index < -0.39 is 0 Å². The average molecular weight is 299 g/mol. The third kappa shape index (κ3) is 3.39. The minimum atomic E-state index is -0.225. The third-order valence-corrected chi connectivity index (χ3v) is 4.56. The molecule has 1 fully saturated rings. The number of piperidine rings is 1. The Balaban J connectivity index is 1.71. The molecule has 0 bridgehead atoms. The van der Waals surface area contributed by atoms with Crippen LogP contribution in [-0.4, -0.2) is 38.5 Å². The van der Waals surface area contributed by atoms with Gasteiger partial charge in [0.2, 0.25) is 0 Å². The lowest BCUT2D eigenvalue weighted by molar-refractivity contribution is 0.0188. The average Bonchev–Trinajstić information content (AvgIpc) is 3.04. The Bertz CT molecular complexity index is 581. The lowest BCUT2D eigenvalue weighted by Gasteiger charge is -2.37. The number of hydrogen-bond acceptors (Lipinski definition) is 3. The van der Waals surface area contributed by atoms with Gasteiger partial charge in [-0.3, -0.25) is 4.90 Å². The van der Waals surface area contributed by atoms with E-state index in [4.69, 9.17) is 0 Å². The van der Waals surface area contributed by atoms with E-state index in [2.05, 4.69) is 35.1 Å². The number of nitrogens with zero attached hydrogens (tertiary/aromatic N) is 3. The largest absolute Gasteiger partial charge is 0.392 e. The first-order chi connectivity index (χ1) is 10.8. The van der Waals surface area contributed by atoms with Gasteiger partial charge in [0.1, 0.15) is 0 Å². The first-order valence-corrected chi connectivity index (χ1v) is 8.30. The maximum atomic E-state index is 10.2. The van der Waals surface area contributed by atoms with E-state index in [9.17, 15) is 5.11 Å². The molecule has 2 aromatic rings. The zero-order valence-corrected chi connectivity index (χ0v) is 13.2. The quantitative estimate of drug-likeness (QED) is 0.923. The molecule has 1 aromatic heterocycles. The van der Waals surface area contributed by atoms with Crippen molar-refractivity contribution in [3.8, 4) is 5.69 Å². The molecule has 1 aliphatic heterocycles. The molecule has 0 saturated carbocycles. The number of aromatic nitrogens is 2. The van der Waals surface area contributed by atoms with Gasteiger partial charge in [-0.15, -0.1) is 0 Å². The Morgan fingerprint density at radius 3 is 2.82 bits per heavy atom. The standard InChI is InChI=1S/C18H25N3O/c1-2-18(22)17-10-6-7-12-20(17)14-15-11-13-21(19-15)16-8-4-3-5-9-16/h3-5,8-9,11,13,17-18,22H,2,6-7,10,12,14H2,1H3. The fourth-order valence-corrected chi connectivity index (χ4v) is 3.30. The van der Waals surface area contributed by atoms with Crippen LogP contribution in [-0.2, 0) is 6.54 Å². The zero-order valence-electron chi connectivity index (χ0n) is 13.2. The van der Waals surface area contributed by atoms with Gasteiger partial charge in [0.25, 0.3) is 0 Å². The fourth-order valence-electron chi connectivity index (χ4n) is 3.30. The van der Waals surface area contributed by atoms with Crippen LogP contribution < -0.4 is 0 Å². The van der Waals surface area contributed by atoms with Gasteiger partial charge in [0, 0.05) is 18.8 Å². The predicted octanol–water partition coefficient (Wildman–Crippen LogP) is 3.00. The van der Waals surface area contributed by atoms with Gasteiger partial charge in [0.05, 0.1) is 17.5 Å². The Kier molecular flexibility index (Phi) is 4.90. The van der Waals surface area contributed by atoms with Gasteiger partial charge >= 0.3 is 0 Å². The lowest BCUT2D eigenvalue weighted by Crippen LogP contribution is -2.46. The van der Waals surface area contributed by atoms with E-state index in [-0.39, 0.29) is 12.1 Å². The molecule has 1 N–H and O–H groups in total. The van der Waals surface area contributed by atoms with Gasteiger partial charge in [-0.1, -0.05) is 31.5 Å². The molecular weight excluding hydrogens is 274 g/mol. The second kappa shape index (κ2) is 7.07. The van der Waals surface area contributed by atoms with Crippen molar-refractivity contribution in [1.29, 1.82) is 0 Å². The molecule has 2 atom stereocenters. The van der Waals surface area contributed by atoms with Crippen molar-refractivity contribution in [1.82, 2.24) is 14.7 Å². The Hall–Kier alpha value is -1.65. The van der Waals surface area contributed by atoms with Gasteiger partial charge in [0.15, 0.2) is 0 Å². The second-order valence-corrected chi connectivity index (χ2v) is 6.10. The summed E-state index contributed by atoms with van der Waals surface area (Å²) in [5, 5.41) is 14.9. The Morgan fingerprint density at radius 1 is 1.23 bits per heavy atom. The summed E-state index contributed by atoms with van der Waals surface area (Å²) < 4.78 is 1.92. The molecule has 22 heavy (non-hydrogen) atoms. The van der Waals surface area contributed by atoms with Crippen LogP contribution in [0.5, 0.6) is 0 Å². The molecule has 0 aliphatic carbocycles. The molecule has 2 heterocycles. The van der Waals surface area contributed by atoms with Crippen molar-refractivity contribution in [3.05, 3.63) is 48.3 Å². The van der Waals surface area contributed by atoms with E-state index in [1.807, 2.05) is 29.1 Å². The smallest absolute Gasteiger partial charge is 0.0769 e. The van der Waals surface area contributed by atoms with Crippen LogP contribution in [0, 0.1) is 0 Å². The van der Waals surface area contributed by atoms with Crippen molar-refractivity contribution < 1.29 is 5.11 Å². The number of aliphatic hydroxyl groups excluding tert-OH is 1. The number of para-hydroxylation sites is 1. The van der Waals surface area contributed by atoms with E-state index >= 15 is 0 Å². The van der Waals surface area contributed by atoms with E-state index in [0.717, 1.165) is 37.3 Å². The van der Waals surface area contributed by atoms with Crippen molar-refractivity contribution in [2.75, 3.05) is 6.54 Å². The summed E-state index contributed by atoms with van der Waals surface area (Å²) in [6, 6.07) is 12.5. The minimum absolute atomic E-state index is 0.225. The summed E-state index contributed by atoms with van der Waals surface area (Å²) in [5.41, 5.74) is 2.15. The maximum absolute atomic E-state index is 10.2. The highest BCUT2D eigenvalue weighted by Gasteiger charge is 2.28. The van der Waals surface area contributed by atoms with Crippen LogP contribution in [0.4, 0.5) is 0 Å². The first-order valence-electron chi connectivity index (χ1n) is 8.30. The summed E-state index contributed by atoms with van der Waals surface area (Å²) in [4.78, 5) is 2.40. The number of benzene rings is 1. The molecule has 2 unspecified atom stereocenters. The second-order valence-electron chi connectivity index (χ2n) is 6.10. The lowest BCUT2D eigenvalue weighted by atomic mass is 9.96. The summed E-state index contributed by atoms with van der Waals surface area (Å²) in [7, 11) is 0. The normalized spacial score (nSPS) is 20.9. The van der Waals surface area contributed by atoms with Crippen LogP contribution in [0.2, 0.25) is 0 Å². The summed E-state index contributed by atoms with van der Waals surface area (Å²) >= 11 is 0. The van der Waals surface area contributed by atoms with Crippen LogP contribution in [0.25, 0.3) is 5.69 Å². The van der Waals surface area contributed by atoms with Gasteiger partial charge in [-0.2, -0.15) is 5.10 Å². The maximum Gasteiger partial charge on any atom is 0.0769 e. The molecule has 1 aromatic carbocycles. The monoisotopic (exact) mass is 299 g/mol. The number of aliphatic hydroxyl groups is 1. The predicted molar refractivity (Wildman–Crippen MR) is 87.9 cm³/mol. The van der Waals surface area contributed by atoms with E-state index in [0.29, 0.717) is 0 Å². The SMILES string of the molecule is CCC(O)C1CCCCN1Cc1ccn(-c2ccccc2)n1. The first kappa shape index (κ1) is 15.3. The third-order valence-electron chi connectivity index (χ3n) is 4.56. The number of hydrogen-bond donors (Lipinski definition) is 1. The molecule has 3 rings (SSSR count). The summed E-state index contributed by atoms with van der Waals surface area (Å²) in [5.74, 6) is 0. The molecular formula is C18H25N3O. The van der Waals surface area contributed by atoms with Crippen molar-refractivity contribution in [3.63, 3.8) is 0 Å². The molecule has 1 saturated heterocycles. The van der Waals surface area contributed by atoms with Crippen LogP contribution >= 0.6 is 0 Å². The van der Waals surface area contributed by atoms with Gasteiger partial charge < -0.3 is 5.11 Å². The molecule has 0 spiro atoms. The molecule has 118 valence electrons. The Labute approximate surface area is 132 Å². The van der Waals surface area contributed by atoms with Crippen molar-refractivity contribution in [2.24, 2.45) is 0 Å². The zero-order chi connectivity index (χ0) is 15.4. The van der Waals surface area contributed by atoms with Crippen LogP contribution in [0.15, 0.2) is 42.6 Å². The highest BCUT2D eigenvalue weighted by atomic mass is 16.3.